The van der Waals surface area contributed by atoms with Crippen molar-refractivity contribution in [3.05, 3.63) is 52.9 Å². The van der Waals surface area contributed by atoms with Crippen LogP contribution in [0.3, 0.4) is 0 Å². The van der Waals surface area contributed by atoms with Crippen molar-refractivity contribution in [2.24, 2.45) is 0 Å². The number of carbonyl (C=O) groups is 2. The van der Waals surface area contributed by atoms with Crippen LogP contribution < -0.4 is 5.32 Å². The summed E-state index contributed by atoms with van der Waals surface area (Å²) in [6.45, 7) is 3.60. The number of carboxylic acids is 1. The Morgan fingerprint density at radius 2 is 1.95 bits per heavy atom. The van der Waals surface area contributed by atoms with Gasteiger partial charge < -0.3 is 10.4 Å². The lowest BCUT2D eigenvalue weighted by molar-refractivity contribution is 0.0694. The van der Waals surface area contributed by atoms with E-state index in [-0.39, 0.29) is 17.8 Å². The minimum atomic E-state index is -1.07. The summed E-state index contributed by atoms with van der Waals surface area (Å²) in [7, 11) is 0. The normalized spacial score (nSPS) is 10.2. The van der Waals surface area contributed by atoms with E-state index in [1.54, 1.807) is 19.3 Å². The molecular weight excluding hydrogens is 272 g/mol. The molecule has 0 aliphatic rings. The second-order valence-corrected chi connectivity index (χ2v) is 4.47. The van der Waals surface area contributed by atoms with Gasteiger partial charge >= 0.3 is 5.97 Å². The first-order valence-corrected chi connectivity index (χ1v) is 6.24. The van der Waals surface area contributed by atoms with Gasteiger partial charge in [0.25, 0.3) is 5.91 Å². The average molecular weight is 286 g/mol. The minimum Gasteiger partial charge on any atom is -0.478 e. The Balaban J connectivity index is 2.05. The Hall–Kier alpha value is -2.83. The second-order valence-electron chi connectivity index (χ2n) is 4.47. The van der Waals surface area contributed by atoms with Crippen molar-refractivity contribution in [1.29, 1.82) is 0 Å². The minimum absolute atomic E-state index is 0.0796. The van der Waals surface area contributed by atoms with Gasteiger partial charge in [0.1, 0.15) is 5.69 Å². The van der Waals surface area contributed by atoms with Crippen molar-refractivity contribution >= 4 is 11.9 Å². The number of amides is 1. The lowest BCUT2D eigenvalue weighted by Gasteiger charge is -2.06. The highest BCUT2D eigenvalue weighted by Crippen LogP contribution is 2.07. The molecule has 1 amide bonds. The van der Waals surface area contributed by atoms with Crippen molar-refractivity contribution in [3.63, 3.8) is 0 Å². The molecule has 7 nitrogen and oxygen atoms in total. The maximum absolute atomic E-state index is 11.9. The van der Waals surface area contributed by atoms with Crippen LogP contribution in [0.5, 0.6) is 0 Å². The molecule has 0 atom stereocenters. The molecule has 2 heterocycles. The molecule has 0 bridgehead atoms. The molecule has 0 fully saturated rings. The molecule has 7 heteroatoms. The number of pyridine rings is 1. The molecular formula is C14H14N4O3. The first-order valence-electron chi connectivity index (χ1n) is 6.24. The van der Waals surface area contributed by atoms with E-state index in [0.29, 0.717) is 11.4 Å². The molecule has 0 saturated carbocycles. The van der Waals surface area contributed by atoms with Gasteiger partial charge in [0.15, 0.2) is 0 Å². The Kier molecular flexibility index (Phi) is 4.22. The van der Waals surface area contributed by atoms with Crippen molar-refractivity contribution < 1.29 is 14.7 Å². The van der Waals surface area contributed by atoms with Crippen molar-refractivity contribution in [3.8, 4) is 0 Å². The molecule has 0 radical (unpaired) electrons. The van der Waals surface area contributed by atoms with E-state index in [1.165, 1.54) is 12.1 Å². The fraction of sp³-hybridized carbons (Fsp3) is 0.214. The fourth-order valence-corrected chi connectivity index (χ4v) is 1.69. The number of nitrogens with one attached hydrogen (secondary N) is 1. The van der Waals surface area contributed by atoms with Gasteiger partial charge in [-0.3, -0.25) is 14.8 Å². The molecule has 2 rings (SSSR count). The highest BCUT2D eigenvalue weighted by atomic mass is 16.4. The van der Waals surface area contributed by atoms with E-state index in [2.05, 4.69) is 20.3 Å². The third-order valence-electron chi connectivity index (χ3n) is 2.81. The number of hydrogen-bond donors (Lipinski definition) is 2. The van der Waals surface area contributed by atoms with Crippen LogP contribution in [0.15, 0.2) is 24.5 Å². The largest absolute Gasteiger partial charge is 0.478 e. The van der Waals surface area contributed by atoms with E-state index in [4.69, 9.17) is 5.11 Å². The molecule has 2 aromatic rings. The predicted octanol–water partition coefficient (Wildman–Crippen LogP) is 1.12. The van der Waals surface area contributed by atoms with Crippen molar-refractivity contribution in [2.45, 2.75) is 20.4 Å². The molecule has 0 aliphatic carbocycles. The molecule has 0 aliphatic heterocycles. The second kappa shape index (κ2) is 6.08. The lowest BCUT2D eigenvalue weighted by Crippen LogP contribution is -2.25. The lowest BCUT2D eigenvalue weighted by atomic mass is 10.2. The number of aryl methyl sites for hydroxylation is 2. The van der Waals surface area contributed by atoms with Crippen LogP contribution in [-0.2, 0) is 6.54 Å². The summed E-state index contributed by atoms with van der Waals surface area (Å²) in [6, 6.07) is 2.75. The molecule has 2 aromatic heterocycles. The van der Waals surface area contributed by atoms with Crippen LogP contribution in [0.2, 0.25) is 0 Å². The van der Waals surface area contributed by atoms with Crippen LogP contribution in [0.4, 0.5) is 0 Å². The van der Waals surface area contributed by atoms with Crippen molar-refractivity contribution in [1.82, 2.24) is 20.3 Å². The monoisotopic (exact) mass is 286 g/mol. The van der Waals surface area contributed by atoms with E-state index in [1.807, 2.05) is 6.92 Å². The maximum atomic E-state index is 11.9. The van der Waals surface area contributed by atoms with Gasteiger partial charge in [-0.1, -0.05) is 0 Å². The first kappa shape index (κ1) is 14.6. The van der Waals surface area contributed by atoms with Gasteiger partial charge in [-0.05, 0) is 26.0 Å². The summed E-state index contributed by atoms with van der Waals surface area (Å²) >= 11 is 0. The number of rotatable bonds is 4. The molecule has 0 aromatic carbocycles. The van der Waals surface area contributed by atoms with Gasteiger partial charge in [-0.2, -0.15) is 0 Å². The average Bonchev–Trinajstić information content (AvgIpc) is 2.45. The van der Waals surface area contributed by atoms with Crippen LogP contribution in [0, 0.1) is 13.8 Å². The van der Waals surface area contributed by atoms with Gasteiger partial charge in [0.2, 0.25) is 0 Å². The van der Waals surface area contributed by atoms with Crippen molar-refractivity contribution in [2.75, 3.05) is 0 Å². The SMILES string of the molecule is Cc1cnc(CNC(=O)c2ccc(C(=O)O)c(C)n2)cn1. The number of hydrogen-bond acceptors (Lipinski definition) is 5. The quantitative estimate of drug-likeness (QED) is 0.872. The van der Waals surface area contributed by atoms with Crippen LogP contribution in [0.25, 0.3) is 0 Å². The number of carboxylic acid groups (broad SMARTS) is 1. The van der Waals surface area contributed by atoms with Crippen LogP contribution >= 0.6 is 0 Å². The summed E-state index contributed by atoms with van der Waals surface area (Å²) in [6.07, 6.45) is 3.20. The summed E-state index contributed by atoms with van der Waals surface area (Å²) in [4.78, 5) is 35.0. The summed E-state index contributed by atoms with van der Waals surface area (Å²) < 4.78 is 0. The zero-order valence-corrected chi connectivity index (χ0v) is 11.6. The molecule has 108 valence electrons. The third-order valence-corrected chi connectivity index (χ3v) is 2.81. The van der Waals surface area contributed by atoms with E-state index < -0.39 is 11.9 Å². The Labute approximate surface area is 121 Å². The van der Waals surface area contributed by atoms with Gasteiger partial charge in [-0.25, -0.2) is 9.78 Å². The maximum Gasteiger partial charge on any atom is 0.337 e. The zero-order chi connectivity index (χ0) is 15.4. The Morgan fingerprint density at radius 1 is 1.19 bits per heavy atom. The van der Waals surface area contributed by atoms with Gasteiger partial charge in [0, 0.05) is 6.20 Å². The number of nitrogens with zero attached hydrogens (tertiary/aromatic N) is 3. The van der Waals surface area contributed by atoms with E-state index in [0.717, 1.165) is 5.69 Å². The number of aromatic nitrogens is 3. The molecule has 0 spiro atoms. The van der Waals surface area contributed by atoms with Crippen LogP contribution in [0.1, 0.15) is 37.9 Å². The highest BCUT2D eigenvalue weighted by molar-refractivity contribution is 5.94. The molecule has 0 saturated heterocycles. The molecule has 21 heavy (non-hydrogen) atoms. The zero-order valence-electron chi connectivity index (χ0n) is 11.6. The van der Waals surface area contributed by atoms with Gasteiger partial charge in [0.05, 0.1) is 35.4 Å². The van der Waals surface area contributed by atoms with Crippen LogP contribution in [-0.4, -0.2) is 31.9 Å². The topological polar surface area (TPSA) is 105 Å². The summed E-state index contributed by atoms with van der Waals surface area (Å²) in [5.41, 5.74) is 1.97. The highest BCUT2D eigenvalue weighted by Gasteiger charge is 2.13. The smallest absolute Gasteiger partial charge is 0.337 e. The summed E-state index contributed by atoms with van der Waals surface area (Å²) in [5.74, 6) is -1.46. The van der Waals surface area contributed by atoms with E-state index >= 15 is 0 Å². The number of carbonyl (C=O) groups excluding carboxylic acids is 1. The predicted molar refractivity (Wildman–Crippen MR) is 73.9 cm³/mol. The number of aromatic carboxylic acids is 1. The Morgan fingerprint density at radius 3 is 2.52 bits per heavy atom. The molecule has 2 N–H and O–H groups in total. The molecule has 0 unspecified atom stereocenters. The first-order chi connectivity index (χ1) is 9.97. The van der Waals surface area contributed by atoms with E-state index in [9.17, 15) is 9.59 Å². The third kappa shape index (κ3) is 3.59. The standard InChI is InChI=1S/C14H14N4O3/c1-8-5-16-10(6-15-8)7-17-13(19)12-4-3-11(14(20)21)9(2)18-12/h3-6H,7H2,1-2H3,(H,17,19)(H,20,21). The van der Waals surface area contributed by atoms with Gasteiger partial charge in [-0.15, -0.1) is 0 Å². The fourth-order valence-electron chi connectivity index (χ4n) is 1.69. The summed E-state index contributed by atoms with van der Waals surface area (Å²) in [5, 5.41) is 11.6. The Bertz CT molecular complexity index is 683.